The average molecular weight is 205 g/mol. The fourth-order valence-corrected chi connectivity index (χ4v) is 0.912. The predicted molar refractivity (Wildman–Crippen MR) is 30.4 cm³/mol. The molecule has 1 aliphatic carbocycles. The van der Waals surface area contributed by atoms with Gasteiger partial charge in [-0.1, -0.05) is 11.6 Å². The van der Waals surface area contributed by atoms with Crippen LogP contribution in [0.5, 0.6) is 0 Å². The van der Waals surface area contributed by atoms with Gasteiger partial charge in [0.1, 0.15) is 5.03 Å². The van der Waals surface area contributed by atoms with E-state index in [1.807, 2.05) is 0 Å². The number of halogens is 5. The van der Waals surface area contributed by atoms with Crippen molar-refractivity contribution >= 4 is 17.4 Å². The van der Waals surface area contributed by atoms with Gasteiger partial charge in [-0.25, -0.2) is 0 Å². The van der Waals surface area contributed by atoms with Gasteiger partial charge in [0.25, 0.3) is 5.78 Å². The highest BCUT2D eigenvalue weighted by atomic mass is 35.5. The van der Waals surface area contributed by atoms with E-state index in [2.05, 4.69) is 0 Å². The Morgan fingerprint density at radius 2 is 1.58 bits per heavy atom. The monoisotopic (exact) mass is 204 g/mol. The Hall–Kier alpha value is -0.780. The first kappa shape index (κ1) is 9.31. The van der Waals surface area contributed by atoms with Crippen molar-refractivity contribution < 1.29 is 27.5 Å². The van der Waals surface area contributed by atoms with E-state index in [1.165, 1.54) is 0 Å². The van der Waals surface area contributed by atoms with Crippen molar-refractivity contribution in [1.82, 2.24) is 0 Å². The second-order valence-corrected chi connectivity index (χ2v) is 2.52. The fourth-order valence-electron chi connectivity index (χ4n) is 0.674. The molecule has 0 aliphatic heterocycles. The Morgan fingerprint density at radius 1 is 1.17 bits per heavy atom. The highest BCUT2D eigenvalue weighted by Gasteiger charge is 2.71. The van der Waals surface area contributed by atoms with Crippen LogP contribution in [0.25, 0.3) is 0 Å². The van der Waals surface area contributed by atoms with Gasteiger partial charge in [-0.15, -0.1) is 0 Å². The molecule has 1 rings (SSSR count). The fraction of sp³-hybridized carbons (Fsp3) is 0.400. The molecule has 7 heteroatoms. The number of aliphatic hydroxyl groups is 1. The summed E-state index contributed by atoms with van der Waals surface area (Å²) in [6.07, 6.45) is 0. The molecule has 0 saturated heterocycles. The molecule has 1 aliphatic rings. The molecule has 0 atom stereocenters. The SMILES string of the molecule is O=C1C(Cl)=C(O)C(F)(F)C1(F)F. The van der Waals surface area contributed by atoms with Gasteiger partial charge in [0.15, 0.2) is 5.76 Å². The molecular weight excluding hydrogens is 203 g/mol. The molecule has 0 saturated carbocycles. The zero-order valence-electron chi connectivity index (χ0n) is 5.25. The summed E-state index contributed by atoms with van der Waals surface area (Å²) < 4.78 is 49.0. The van der Waals surface area contributed by atoms with Gasteiger partial charge in [0, 0.05) is 0 Å². The van der Waals surface area contributed by atoms with E-state index in [9.17, 15) is 22.4 Å². The second kappa shape index (κ2) is 2.12. The highest BCUT2D eigenvalue weighted by Crippen LogP contribution is 2.48. The first-order valence-corrected chi connectivity index (χ1v) is 3.00. The molecule has 0 aromatic rings. The van der Waals surface area contributed by atoms with Crippen LogP contribution in [-0.2, 0) is 4.79 Å². The number of carbonyl (C=O) groups excluding carboxylic acids is 1. The number of carbonyl (C=O) groups is 1. The molecule has 0 aromatic carbocycles. The first-order valence-electron chi connectivity index (χ1n) is 2.62. The summed E-state index contributed by atoms with van der Waals surface area (Å²) in [5.74, 6) is -14.2. The van der Waals surface area contributed by atoms with E-state index in [-0.39, 0.29) is 0 Å². The Balaban J connectivity index is 3.31. The Kier molecular flexibility index (Phi) is 1.65. The van der Waals surface area contributed by atoms with Crippen molar-refractivity contribution in [2.75, 3.05) is 0 Å². The molecule has 0 amide bonds. The number of allylic oxidation sites excluding steroid dienone is 2. The standard InChI is InChI=1S/C5HClF4O2/c6-1-2(11)4(7,8)5(9,10)3(1)12/h11H. The minimum Gasteiger partial charge on any atom is -0.505 e. The van der Waals surface area contributed by atoms with Gasteiger partial charge in [-0.3, -0.25) is 4.79 Å². The average Bonchev–Trinajstić information content (AvgIpc) is 2.05. The minimum atomic E-state index is -4.94. The zero-order valence-corrected chi connectivity index (χ0v) is 6.00. The van der Waals surface area contributed by atoms with E-state index >= 15 is 0 Å². The van der Waals surface area contributed by atoms with Gasteiger partial charge >= 0.3 is 11.8 Å². The van der Waals surface area contributed by atoms with Crippen molar-refractivity contribution in [2.24, 2.45) is 0 Å². The molecule has 0 fully saturated rings. The van der Waals surface area contributed by atoms with Gasteiger partial charge in [0.2, 0.25) is 0 Å². The third-order valence-electron chi connectivity index (χ3n) is 1.38. The third kappa shape index (κ3) is 0.782. The summed E-state index contributed by atoms with van der Waals surface area (Å²) in [7, 11) is 0. The first-order chi connectivity index (χ1) is 5.23. The van der Waals surface area contributed by atoms with Crippen molar-refractivity contribution in [3.63, 3.8) is 0 Å². The van der Waals surface area contributed by atoms with Crippen LogP contribution in [-0.4, -0.2) is 22.7 Å². The topological polar surface area (TPSA) is 37.3 Å². The van der Waals surface area contributed by atoms with E-state index in [0.717, 1.165) is 0 Å². The summed E-state index contributed by atoms with van der Waals surface area (Å²) in [6.45, 7) is 0. The van der Waals surface area contributed by atoms with E-state index in [0.29, 0.717) is 0 Å². The molecule has 0 bridgehead atoms. The lowest BCUT2D eigenvalue weighted by Gasteiger charge is -2.16. The molecule has 0 unspecified atom stereocenters. The van der Waals surface area contributed by atoms with Crippen LogP contribution in [0.3, 0.4) is 0 Å². The maximum Gasteiger partial charge on any atom is 0.380 e. The Labute approximate surface area is 68.4 Å². The number of Topliss-reactive ketones (excluding diaryl/α,β-unsaturated/α-hetero) is 1. The number of ketones is 1. The summed E-state index contributed by atoms with van der Waals surface area (Å²) in [6, 6.07) is 0. The summed E-state index contributed by atoms with van der Waals surface area (Å²) >= 11 is 4.70. The van der Waals surface area contributed by atoms with Gasteiger partial charge in [0.05, 0.1) is 0 Å². The molecule has 12 heavy (non-hydrogen) atoms. The van der Waals surface area contributed by atoms with Crippen molar-refractivity contribution in [3.05, 3.63) is 10.8 Å². The zero-order chi connectivity index (χ0) is 9.73. The lowest BCUT2D eigenvalue weighted by molar-refractivity contribution is -0.190. The van der Waals surface area contributed by atoms with E-state index in [1.54, 1.807) is 0 Å². The van der Waals surface area contributed by atoms with Crippen LogP contribution in [0.4, 0.5) is 17.6 Å². The smallest absolute Gasteiger partial charge is 0.380 e. The minimum absolute atomic E-state index is 1.51. The quantitative estimate of drug-likeness (QED) is 0.612. The van der Waals surface area contributed by atoms with Crippen molar-refractivity contribution in [1.29, 1.82) is 0 Å². The predicted octanol–water partition coefficient (Wildman–Crippen LogP) is 1.85. The van der Waals surface area contributed by atoms with E-state index in [4.69, 9.17) is 16.7 Å². The number of aliphatic hydroxyl groups excluding tert-OH is 1. The summed E-state index contributed by atoms with van der Waals surface area (Å²) in [5.41, 5.74) is 0. The molecule has 0 heterocycles. The van der Waals surface area contributed by atoms with Crippen LogP contribution < -0.4 is 0 Å². The molecular formula is C5HClF4O2. The van der Waals surface area contributed by atoms with Crippen molar-refractivity contribution in [3.8, 4) is 0 Å². The number of alkyl halides is 4. The molecule has 1 N–H and O–H groups in total. The normalized spacial score (nSPS) is 26.6. The van der Waals surface area contributed by atoms with Crippen LogP contribution in [0.2, 0.25) is 0 Å². The van der Waals surface area contributed by atoms with Gasteiger partial charge < -0.3 is 5.11 Å². The lowest BCUT2D eigenvalue weighted by Crippen LogP contribution is -2.42. The Bertz CT molecular complexity index is 283. The lowest BCUT2D eigenvalue weighted by atomic mass is 10.2. The maximum atomic E-state index is 12.3. The van der Waals surface area contributed by atoms with Crippen LogP contribution in [0, 0.1) is 0 Å². The number of hydrogen-bond acceptors (Lipinski definition) is 2. The van der Waals surface area contributed by atoms with Crippen LogP contribution >= 0.6 is 11.6 Å². The largest absolute Gasteiger partial charge is 0.505 e. The number of hydrogen-bond donors (Lipinski definition) is 1. The van der Waals surface area contributed by atoms with Gasteiger partial charge in [-0.05, 0) is 0 Å². The Morgan fingerprint density at radius 3 is 1.67 bits per heavy atom. The van der Waals surface area contributed by atoms with Crippen molar-refractivity contribution in [2.45, 2.75) is 11.8 Å². The third-order valence-corrected chi connectivity index (χ3v) is 1.73. The summed E-state index contributed by atoms with van der Waals surface area (Å²) in [5, 5.41) is 6.82. The molecule has 0 aromatic heterocycles. The molecule has 0 spiro atoms. The molecule has 68 valence electrons. The summed E-state index contributed by atoms with van der Waals surface area (Å²) in [4.78, 5) is 10.3. The van der Waals surface area contributed by atoms with Crippen LogP contribution in [0.15, 0.2) is 10.8 Å². The number of rotatable bonds is 0. The second-order valence-electron chi connectivity index (χ2n) is 2.14. The van der Waals surface area contributed by atoms with Gasteiger partial charge in [-0.2, -0.15) is 17.6 Å². The van der Waals surface area contributed by atoms with E-state index < -0.39 is 28.4 Å². The van der Waals surface area contributed by atoms with Crippen LogP contribution in [0.1, 0.15) is 0 Å². The maximum absolute atomic E-state index is 12.3. The highest BCUT2D eigenvalue weighted by molar-refractivity contribution is 6.45. The molecule has 0 radical (unpaired) electrons. The molecule has 2 nitrogen and oxygen atoms in total.